The maximum Gasteiger partial charge on any atom is 0.222 e. The third-order valence-corrected chi connectivity index (χ3v) is 3.96. The number of nitrogens with two attached hydrogens (primary N) is 1. The zero-order valence-corrected chi connectivity index (χ0v) is 14.2. The van der Waals surface area contributed by atoms with E-state index in [1.54, 1.807) is 0 Å². The number of rotatable bonds is 6. The highest BCUT2D eigenvalue weighted by atomic mass is 79.9. The second kappa shape index (κ2) is 8.11. The molecule has 0 saturated carbocycles. The Morgan fingerprint density at radius 1 is 1.18 bits per heavy atom. The molecule has 1 amide bonds. The number of hydrogen-bond acceptors (Lipinski definition) is 2. The van der Waals surface area contributed by atoms with E-state index in [1.165, 1.54) is 5.56 Å². The fourth-order valence-electron chi connectivity index (χ4n) is 2.42. The Hall–Kier alpha value is -1.65. The van der Waals surface area contributed by atoms with Crippen LogP contribution in [0.2, 0.25) is 0 Å². The molecule has 0 aliphatic carbocycles. The molecular weight excluding hydrogens is 340 g/mol. The SMILES string of the molecule is CC(Cc1cccc(Br)c1)NC(=O)CC(N)c1ccccc1. The van der Waals surface area contributed by atoms with Gasteiger partial charge in [0.2, 0.25) is 5.91 Å². The zero-order valence-electron chi connectivity index (χ0n) is 12.6. The number of hydrogen-bond donors (Lipinski definition) is 2. The monoisotopic (exact) mass is 360 g/mol. The smallest absolute Gasteiger partial charge is 0.222 e. The van der Waals surface area contributed by atoms with Crippen molar-refractivity contribution in [1.29, 1.82) is 0 Å². The molecule has 0 aliphatic heterocycles. The van der Waals surface area contributed by atoms with Crippen LogP contribution in [-0.4, -0.2) is 11.9 Å². The first-order valence-corrected chi connectivity index (χ1v) is 8.18. The van der Waals surface area contributed by atoms with Gasteiger partial charge in [-0.3, -0.25) is 4.79 Å². The van der Waals surface area contributed by atoms with E-state index in [9.17, 15) is 4.79 Å². The van der Waals surface area contributed by atoms with E-state index in [1.807, 2.05) is 49.4 Å². The molecule has 2 aromatic rings. The van der Waals surface area contributed by atoms with Crippen LogP contribution < -0.4 is 11.1 Å². The standard InChI is InChI=1S/C18H21BrN2O/c1-13(10-14-6-5-9-16(19)11-14)21-18(22)12-17(20)15-7-3-2-4-8-15/h2-9,11,13,17H,10,12,20H2,1H3,(H,21,22). The lowest BCUT2D eigenvalue weighted by atomic mass is 10.0. The number of benzene rings is 2. The third kappa shape index (κ3) is 5.28. The maximum absolute atomic E-state index is 12.1. The lowest BCUT2D eigenvalue weighted by Gasteiger charge is -2.17. The van der Waals surface area contributed by atoms with Crippen LogP contribution in [0.4, 0.5) is 0 Å². The molecule has 0 aromatic heterocycles. The number of nitrogens with one attached hydrogen (secondary N) is 1. The number of amides is 1. The van der Waals surface area contributed by atoms with Crippen molar-refractivity contribution in [2.24, 2.45) is 5.73 Å². The van der Waals surface area contributed by atoms with E-state index in [4.69, 9.17) is 5.73 Å². The molecule has 0 saturated heterocycles. The maximum atomic E-state index is 12.1. The number of carbonyl (C=O) groups excluding carboxylic acids is 1. The predicted molar refractivity (Wildman–Crippen MR) is 93.4 cm³/mol. The average Bonchev–Trinajstić information content (AvgIpc) is 2.47. The summed E-state index contributed by atoms with van der Waals surface area (Å²) in [6, 6.07) is 17.6. The van der Waals surface area contributed by atoms with Gasteiger partial charge in [0.1, 0.15) is 0 Å². The molecule has 0 aliphatic rings. The lowest BCUT2D eigenvalue weighted by Crippen LogP contribution is -2.35. The molecule has 0 radical (unpaired) electrons. The summed E-state index contributed by atoms with van der Waals surface area (Å²) >= 11 is 3.46. The van der Waals surface area contributed by atoms with Crippen molar-refractivity contribution in [2.45, 2.75) is 31.8 Å². The molecule has 2 atom stereocenters. The summed E-state index contributed by atoms with van der Waals surface area (Å²) in [6.07, 6.45) is 1.10. The summed E-state index contributed by atoms with van der Waals surface area (Å²) in [5.41, 5.74) is 8.25. The fourth-order valence-corrected chi connectivity index (χ4v) is 2.87. The van der Waals surface area contributed by atoms with Gasteiger partial charge in [0.05, 0.1) is 0 Å². The Morgan fingerprint density at radius 2 is 1.91 bits per heavy atom. The van der Waals surface area contributed by atoms with Gasteiger partial charge in [-0.05, 0) is 36.6 Å². The van der Waals surface area contributed by atoms with Gasteiger partial charge in [-0.25, -0.2) is 0 Å². The van der Waals surface area contributed by atoms with Crippen LogP contribution in [0.15, 0.2) is 59.1 Å². The van der Waals surface area contributed by atoms with E-state index in [0.717, 1.165) is 16.5 Å². The van der Waals surface area contributed by atoms with Crippen LogP contribution in [-0.2, 0) is 11.2 Å². The quantitative estimate of drug-likeness (QED) is 0.826. The van der Waals surface area contributed by atoms with Gasteiger partial charge in [0.25, 0.3) is 0 Å². The van der Waals surface area contributed by atoms with Crippen LogP contribution in [0.1, 0.15) is 30.5 Å². The molecule has 0 heterocycles. The zero-order chi connectivity index (χ0) is 15.9. The van der Waals surface area contributed by atoms with E-state index < -0.39 is 0 Å². The topological polar surface area (TPSA) is 55.1 Å². The molecule has 0 spiro atoms. The van der Waals surface area contributed by atoms with Crippen LogP contribution in [0.3, 0.4) is 0 Å². The van der Waals surface area contributed by atoms with Crippen LogP contribution in [0.25, 0.3) is 0 Å². The first-order valence-electron chi connectivity index (χ1n) is 7.39. The Kier molecular flexibility index (Phi) is 6.16. The van der Waals surface area contributed by atoms with Crippen LogP contribution in [0.5, 0.6) is 0 Å². The molecule has 4 heteroatoms. The number of carbonyl (C=O) groups is 1. The second-order valence-electron chi connectivity index (χ2n) is 5.52. The van der Waals surface area contributed by atoms with E-state index in [2.05, 4.69) is 33.4 Å². The number of halogens is 1. The summed E-state index contributed by atoms with van der Waals surface area (Å²) in [4.78, 5) is 12.1. The van der Waals surface area contributed by atoms with Gasteiger partial charge in [0, 0.05) is 23.0 Å². The molecular formula is C18H21BrN2O. The van der Waals surface area contributed by atoms with Gasteiger partial charge in [-0.1, -0.05) is 58.4 Å². The Labute approximate surface area is 140 Å². The predicted octanol–water partition coefficient (Wildman–Crippen LogP) is 3.59. The molecule has 22 heavy (non-hydrogen) atoms. The third-order valence-electron chi connectivity index (χ3n) is 3.47. The minimum atomic E-state index is -0.265. The van der Waals surface area contributed by atoms with Gasteiger partial charge < -0.3 is 11.1 Å². The Bertz CT molecular complexity index is 615. The minimum absolute atomic E-state index is 0.0150. The highest BCUT2D eigenvalue weighted by Gasteiger charge is 2.13. The van der Waals surface area contributed by atoms with Crippen LogP contribution in [0, 0.1) is 0 Å². The summed E-state index contributed by atoms with van der Waals surface area (Å²) in [5, 5.41) is 3.01. The first-order chi connectivity index (χ1) is 10.5. The van der Waals surface area contributed by atoms with Crippen molar-refractivity contribution >= 4 is 21.8 Å². The average molecular weight is 361 g/mol. The summed E-state index contributed by atoms with van der Waals surface area (Å²) in [6.45, 7) is 2.01. The molecule has 2 unspecified atom stereocenters. The molecule has 0 bridgehead atoms. The van der Waals surface area contributed by atoms with Gasteiger partial charge in [-0.15, -0.1) is 0 Å². The van der Waals surface area contributed by atoms with Crippen molar-refractivity contribution in [3.63, 3.8) is 0 Å². The van der Waals surface area contributed by atoms with Gasteiger partial charge in [0.15, 0.2) is 0 Å². The molecule has 2 aromatic carbocycles. The van der Waals surface area contributed by atoms with Crippen molar-refractivity contribution < 1.29 is 4.79 Å². The summed E-state index contributed by atoms with van der Waals surface area (Å²) < 4.78 is 1.05. The lowest BCUT2D eigenvalue weighted by molar-refractivity contribution is -0.122. The largest absolute Gasteiger partial charge is 0.353 e. The second-order valence-corrected chi connectivity index (χ2v) is 6.44. The molecule has 3 nitrogen and oxygen atoms in total. The normalized spacial score (nSPS) is 13.4. The molecule has 0 fully saturated rings. The van der Waals surface area contributed by atoms with E-state index in [-0.39, 0.29) is 18.0 Å². The molecule has 3 N–H and O–H groups in total. The van der Waals surface area contributed by atoms with Crippen LogP contribution >= 0.6 is 15.9 Å². The minimum Gasteiger partial charge on any atom is -0.353 e. The highest BCUT2D eigenvalue weighted by molar-refractivity contribution is 9.10. The first kappa shape index (κ1) is 16.7. The summed E-state index contributed by atoms with van der Waals surface area (Å²) in [5.74, 6) is -0.0150. The summed E-state index contributed by atoms with van der Waals surface area (Å²) in [7, 11) is 0. The molecule has 2 rings (SSSR count). The van der Waals surface area contributed by atoms with E-state index in [0.29, 0.717) is 6.42 Å². The van der Waals surface area contributed by atoms with E-state index >= 15 is 0 Å². The fraction of sp³-hybridized carbons (Fsp3) is 0.278. The van der Waals surface area contributed by atoms with Gasteiger partial charge in [-0.2, -0.15) is 0 Å². The highest BCUT2D eigenvalue weighted by Crippen LogP contribution is 2.15. The van der Waals surface area contributed by atoms with Gasteiger partial charge >= 0.3 is 0 Å². The Morgan fingerprint density at radius 3 is 2.59 bits per heavy atom. The van der Waals surface area contributed by atoms with Crippen molar-refractivity contribution in [1.82, 2.24) is 5.32 Å². The van der Waals surface area contributed by atoms with Crippen molar-refractivity contribution in [3.8, 4) is 0 Å². The van der Waals surface area contributed by atoms with Crippen molar-refractivity contribution in [2.75, 3.05) is 0 Å². The Balaban J connectivity index is 1.84. The van der Waals surface area contributed by atoms with Crippen molar-refractivity contribution in [3.05, 3.63) is 70.2 Å². The molecule has 116 valence electrons.